The zero-order valence-electron chi connectivity index (χ0n) is 32.6. The number of alkyl carbamates (subject to hydrolysis) is 1. The Labute approximate surface area is 332 Å². The summed E-state index contributed by atoms with van der Waals surface area (Å²) in [5.41, 5.74) is 3.49. The highest BCUT2D eigenvalue weighted by Gasteiger charge is 2.37. The number of aromatic amines is 1. The van der Waals surface area contributed by atoms with Gasteiger partial charge in [0, 0.05) is 38.1 Å². The lowest BCUT2D eigenvalue weighted by molar-refractivity contribution is -0.0336. The number of hydrogen-bond acceptors (Lipinski definition) is 9. The molecule has 13 nitrogen and oxygen atoms in total. The number of nitrogens with one attached hydrogen (secondary N) is 2. The van der Waals surface area contributed by atoms with Crippen molar-refractivity contribution in [3.8, 4) is 11.5 Å². The number of carbonyl (C=O) groups excluding carboxylic acids is 2. The van der Waals surface area contributed by atoms with Crippen LogP contribution in [0.2, 0.25) is 0 Å². The fourth-order valence-electron chi connectivity index (χ4n) is 8.16. The van der Waals surface area contributed by atoms with E-state index in [0.717, 1.165) is 62.9 Å². The average Bonchev–Trinajstić information content (AvgIpc) is 3.61. The summed E-state index contributed by atoms with van der Waals surface area (Å²) in [5.74, 6) is 0.858. The molecule has 0 saturated carbocycles. The van der Waals surface area contributed by atoms with Crippen molar-refractivity contribution >= 4 is 22.9 Å². The fourth-order valence-corrected chi connectivity index (χ4v) is 8.16. The highest BCUT2D eigenvalue weighted by atomic mass is 16.6. The summed E-state index contributed by atoms with van der Waals surface area (Å²) in [5, 5.41) is 29.4. The number of aliphatic hydroxyl groups excluding tert-OH is 1. The number of amides is 2. The van der Waals surface area contributed by atoms with Crippen LogP contribution in [0, 0.1) is 5.92 Å². The Morgan fingerprint density at radius 3 is 2.53 bits per heavy atom. The van der Waals surface area contributed by atoms with Crippen LogP contribution in [-0.2, 0) is 18.4 Å². The van der Waals surface area contributed by atoms with Crippen LogP contribution in [0.3, 0.4) is 0 Å². The van der Waals surface area contributed by atoms with Gasteiger partial charge in [-0.15, -0.1) is 0 Å². The number of phenols is 1. The topological polar surface area (TPSA) is 162 Å². The van der Waals surface area contributed by atoms with Gasteiger partial charge >= 0.3 is 6.09 Å². The first-order valence-electron chi connectivity index (χ1n) is 20.0. The monoisotopic (exact) mass is 776 g/mol. The number of H-pyrrole nitrogens is 1. The molecule has 2 amide bonds. The average molecular weight is 777 g/mol. The maximum atomic E-state index is 13.6. The minimum atomic E-state index is -0.758. The number of unbranched alkanes of at least 4 members (excludes halogenated alkanes) is 2. The second-order valence-electron chi connectivity index (χ2n) is 15.1. The number of ether oxygens (including phenoxy) is 2. The van der Waals surface area contributed by atoms with Crippen LogP contribution < -0.4 is 15.6 Å². The van der Waals surface area contributed by atoms with Crippen molar-refractivity contribution in [3.05, 3.63) is 123 Å². The highest BCUT2D eigenvalue weighted by Crippen LogP contribution is 2.32. The number of fused-ring (bicyclic) bond motifs is 4. The van der Waals surface area contributed by atoms with Crippen molar-refractivity contribution in [2.45, 2.75) is 70.3 Å². The third kappa shape index (κ3) is 9.49. The number of nitrogens with zero attached hydrogens (tertiary/aromatic N) is 4. The van der Waals surface area contributed by atoms with Gasteiger partial charge in [-0.25, -0.2) is 4.79 Å². The molecule has 0 aliphatic carbocycles. The van der Waals surface area contributed by atoms with Gasteiger partial charge in [-0.05, 0) is 98.6 Å². The molecular weight excluding hydrogens is 725 g/mol. The zero-order chi connectivity index (χ0) is 39.9. The maximum Gasteiger partial charge on any atom is 0.408 e. The van der Waals surface area contributed by atoms with E-state index in [2.05, 4.69) is 20.3 Å². The molecule has 3 aromatic carbocycles. The van der Waals surface area contributed by atoms with E-state index in [1.165, 1.54) is 12.1 Å². The number of hydrogen-bond donors (Lipinski definition) is 4. The Kier molecular flexibility index (Phi) is 12.5. The number of rotatable bonds is 16. The summed E-state index contributed by atoms with van der Waals surface area (Å²) in [6.45, 7) is 6.12. The first kappa shape index (κ1) is 39.6. The molecule has 0 radical (unpaired) electrons. The van der Waals surface area contributed by atoms with Gasteiger partial charge in [0.05, 0.1) is 17.7 Å². The normalized spacial score (nSPS) is 18.5. The first-order chi connectivity index (χ1) is 27.7. The standard InChI is InChI=1S/C44H52N6O7/c1-3-50(22-9-5-8-15-37(51)34-16-18-38(52)42-35(34)17-19-40(53)45-42)43(54)36-26-32(47-48(36)2)28-56-33-14-10-13-31(25-33)41(30-11-6-4-7-12-30)46-44(55)57-39-27-49-23-20-29(39)21-24-49/h4,6-7,10-14,16-19,25-26,29,37,39,41,51-52H,3,5,8-9,15,20-24,27-28H2,1-2H3,(H,45,53)(H,46,55)/t37-,39-,41-/m0/s1. The Bertz CT molecular complexity index is 2210. The molecule has 5 aromatic rings. The van der Waals surface area contributed by atoms with E-state index in [1.54, 1.807) is 34.8 Å². The number of piperidine rings is 3. The van der Waals surface area contributed by atoms with Gasteiger partial charge in [0.2, 0.25) is 5.56 Å². The van der Waals surface area contributed by atoms with Crippen molar-refractivity contribution in [2.75, 3.05) is 32.7 Å². The molecule has 0 spiro atoms. The summed E-state index contributed by atoms with van der Waals surface area (Å²) >= 11 is 0. The molecule has 13 heteroatoms. The van der Waals surface area contributed by atoms with Gasteiger partial charge in [0.15, 0.2) is 0 Å². The van der Waals surface area contributed by atoms with Crippen molar-refractivity contribution in [1.29, 1.82) is 0 Å². The number of carbonyl (C=O) groups is 2. The number of aromatic nitrogens is 3. The molecular formula is C44H52N6O7. The van der Waals surface area contributed by atoms with Crippen molar-refractivity contribution in [3.63, 3.8) is 0 Å². The molecule has 3 atom stereocenters. The largest absolute Gasteiger partial charge is 0.506 e. The third-order valence-corrected chi connectivity index (χ3v) is 11.3. The van der Waals surface area contributed by atoms with Crippen molar-refractivity contribution in [2.24, 2.45) is 13.0 Å². The lowest BCUT2D eigenvalue weighted by atomic mass is 9.86. The van der Waals surface area contributed by atoms with E-state index in [4.69, 9.17) is 9.47 Å². The summed E-state index contributed by atoms with van der Waals surface area (Å²) in [4.78, 5) is 45.4. The lowest BCUT2D eigenvalue weighted by Crippen LogP contribution is -2.52. The summed E-state index contributed by atoms with van der Waals surface area (Å²) < 4.78 is 13.8. The van der Waals surface area contributed by atoms with Crippen LogP contribution in [0.25, 0.3) is 10.9 Å². The minimum absolute atomic E-state index is 0.0395. The number of aromatic hydroxyl groups is 1. The van der Waals surface area contributed by atoms with Crippen molar-refractivity contribution < 1.29 is 29.3 Å². The van der Waals surface area contributed by atoms with Gasteiger partial charge in [-0.2, -0.15) is 5.10 Å². The van der Waals surface area contributed by atoms with Crippen LogP contribution in [-0.4, -0.2) is 85.6 Å². The van der Waals surface area contributed by atoms with E-state index in [9.17, 15) is 24.6 Å². The Balaban J connectivity index is 0.919. The van der Waals surface area contributed by atoms with Gasteiger partial charge in [0.25, 0.3) is 5.91 Å². The predicted octanol–water partition coefficient (Wildman–Crippen LogP) is 6.21. The van der Waals surface area contributed by atoms with Gasteiger partial charge < -0.3 is 34.9 Å². The number of pyridine rings is 1. The SMILES string of the molecule is CCN(CCCCC[C@H](O)c1ccc(O)c2[nH]c(=O)ccc12)C(=O)c1cc(COc2cccc([C@@H](NC(=O)O[C@H]3CN4CCC3CC4)c3ccccc3)c2)nn1C. The number of aryl methyl sites for hydroxylation is 1. The van der Waals surface area contributed by atoms with Crippen LogP contribution in [0.15, 0.2) is 89.7 Å². The number of benzene rings is 3. The maximum absolute atomic E-state index is 13.6. The number of aliphatic hydroxyl groups is 1. The molecule has 0 unspecified atom stereocenters. The molecule has 8 rings (SSSR count). The zero-order valence-corrected chi connectivity index (χ0v) is 32.6. The molecule has 3 aliphatic heterocycles. The second kappa shape index (κ2) is 18.1. The smallest absolute Gasteiger partial charge is 0.408 e. The van der Waals surface area contributed by atoms with Crippen molar-refractivity contribution in [1.82, 2.24) is 29.9 Å². The van der Waals surface area contributed by atoms with E-state index >= 15 is 0 Å². The van der Waals surface area contributed by atoms with Crippen LogP contribution in [0.4, 0.5) is 4.79 Å². The van der Waals surface area contributed by atoms with Crippen LogP contribution in [0.5, 0.6) is 11.5 Å². The molecule has 4 N–H and O–H groups in total. The van der Waals surface area contributed by atoms with Crippen LogP contribution in [0.1, 0.15) is 90.5 Å². The molecule has 2 bridgehead atoms. The molecule has 2 aromatic heterocycles. The Hall–Kier alpha value is -5.66. The van der Waals surface area contributed by atoms with Gasteiger partial charge in [0.1, 0.15) is 35.6 Å². The molecule has 300 valence electrons. The van der Waals surface area contributed by atoms with Gasteiger partial charge in [-0.1, -0.05) is 61.4 Å². The molecule has 3 saturated heterocycles. The first-order valence-corrected chi connectivity index (χ1v) is 20.0. The predicted molar refractivity (Wildman–Crippen MR) is 216 cm³/mol. The molecule has 57 heavy (non-hydrogen) atoms. The van der Waals surface area contributed by atoms with Crippen LogP contribution >= 0.6 is 0 Å². The van der Waals surface area contributed by atoms with Gasteiger partial charge in [-0.3, -0.25) is 19.2 Å². The summed E-state index contributed by atoms with van der Waals surface area (Å²) in [6.07, 6.45) is 3.64. The molecule has 3 fully saturated rings. The minimum Gasteiger partial charge on any atom is -0.506 e. The summed E-state index contributed by atoms with van der Waals surface area (Å²) in [6, 6.07) is 24.9. The molecule has 5 heterocycles. The third-order valence-electron chi connectivity index (χ3n) is 11.3. The van der Waals surface area contributed by atoms with E-state index in [0.29, 0.717) is 59.0 Å². The lowest BCUT2D eigenvalue weighted by Gasteiger charge is -2.43. The molecule has 3 aliphatic rings. The van der Waals surface area contributed by atoms with E-state index in [1.807, 2.05) is 61.5 Å². The highest BCUT2D eigenvalue weighted by molar-refractivity contribution is 5.92. The van der Waals surface area contributed by atoms with E-state index < -0.39 is 18.2 Å². The van der Waals surface area contributed by atoms with E-state index in [-0.39, 0.29) is 29.9 Å². The Morgan fingerprint density at radius 2 is 1.77 bits per heavy atom. The second-order valence-corrected chi connectivity index (χ2v) is 15.1. The quantitative estimate of drug-likeness (QED) is 0.0854. The Morgan fingerprint density at radius 1 is 0.982 bits per heavy atom. The fraction of sp³-hybridized carbons (Fsp3) is 0.409. The number of phenolic OH excluding ortho intramolecular Hbond substituents is 1. The summed E-state index contributed by atoms with van der Waals surface area (Å²) in [7, 11) is 1.75.